The highest BCUT2D eigenvalue weighted by Crippen LogP contribution is 2.13. The maximum atomic E-state index is 5.85. The van der Waals surface area contributed by atoms with Crippen LogP contribution in [-0.2, 0) is 24.3 Å². The predicted molar refractivity (Wildman–Crippen MR) is 106 cm³/mol. The van der Waals surface area contributed by atoms with E-state index in [9.17, 15) is 0 Å². The summed E-state index contributed by atoms with van der Waals surface area (Å²) in [5.41, 5.74) is 2.20. The van der Waals surface area contributed by atoms with Crippen LogP contribution in [0.3, 0.4) is 0 Å². The second-order valence-corrected chi connectivity index (χ2v) is 7.17. The third-order valence-electron chi connectivity index (χ3n) is 3.67. The summed E-state index contributed by atoms with van der Waals surface area (Å²) >= 11 is 0. The highest BCUT2D eigenvalue weighted by molar-refractivity contribution is 5.79. The van der Waals surface area contributed by atoms with Crippen LogP contribution >= 0.6 is 0 Å². The van der Waals surface area contributed by atoms with Crippen LogP contribution < -0.4 is 10.6 Å². The first-order chi connectivity index (χ1) is 12.5. The maximum absolute atomic E-state index is 5.85. The smallest absolute Gasteiger partial charge is 0.191 e. The molecule has 0 saturated carbocycles. The van der Waals surface area contributed by atoms with Crippen LogP contribution in [0.5, 0.6) is 0 Å². The minimum atomic E-state index is -0.135. The van der Waals surface area contributed by atoms with E-state index in [2.05, 4.69) is 67.6 Å². The molecule has 0 aliphatic rings. The van der Waals surface area contributed by atoms with Crippen molar-refractivity contribution in [1.82, 2.24) is 10.6 Å². The molecule has 26 heavy (non-hydrogen) atoms. The second-order valence-electron chi connectivity index (χ2n) is 7.17. The van der Waals surface area contributed by atoms with Gasteiger partial charge >= 0.3 is 0 Å². The molecule has 0 saturated heterocycles. The fourth-order valence-corrected chi connectivity index (χ4v) is 2.39. The summed E-state index contributed by atoms with van der Waals surface area (Å²) in [4.78, 5) is 4.68. The van der Waals surface area contributed by atoms with Crippen molar-refractivity contribution in [2.24, 2.45) is 4.99 Å². The lowest BCUT2D eigenvalue weighted by Gasteiger charge is -2.19. The van der Waals surface area contributed by atoms with Crippen LogP contribution in [0.2, 0.25) is 0 Å². The van der Waals surface area contributed by atoms with Crippen molar-refractivity contribution < 1.29 is 9.15 Å². The van der Waals surface area contributed by atoms with Crippen LogP contribution in [0.4, 0.5) is 0 Å². The van der Waals surface area contributed by atoms with E-state index >= 15 is 0 Å². The number of benzene rings is 1. The van der Waals surface area contributed by atoms with Crippen molar-refractivity contribution in [2.45, 2.75) is 52.9 Å². The molecule has 0 aliphatic carbocycles. The van der Waals surface area contributed by atoms with Crippen LogP contribution in [0.1, 0.15) is 44.6 Å². The van der Waals surface area contributed by atoms with Gasteiger partial charge in [-0.25, -0.2) is 4.99 Å². The summed E-state index contributed by atoms with van der Waals surface area (Å²) in [6.45, 7) is 11.1. The molecule has 1 aromatic carbocycles. The number of rotatable bonds is 8. The van der Waals surface area contributed by atoms with E-state index in [0.29, 0.717) is 13.2 Å². The summed E-state index contributed by atoms with van der Waals surface area (Å²) in [5.74, 6) is 1.79. The maximum Gasteiger partial charge on any atom is 0.191 e. The van der Waals surface area contributed by atoms with Gasteiger partial charge in [0.2, 0.25) is 0 Å². The molecule has 142 valence electrons. The molecule has 0 aliphatic heterocycles. The molecule has 1 aromatic heterocycles. The molecule has 1 heterocycles. The fraction of sp³-hybridized carbons (Fsp3) is 0.476. The minimum Gasteiger partial charge on any atom is -0.469 e. The third kappa shape index (κ3) is 7.74. The molecule has 0 amide bonds. The van der Waals surface area contributed by atoms with Gasteiger partial charge in [0.25, 0.3) is 0 Å². The Kier molecular flexibility index (Phi) is 7.73. The first-order valence-corrected chi connectivity index (χ1v) is 9.22. The Balaban J connectivity index is 1.89. The number of furan rings is 1. The van der Waals surface area contributed by atoms with Crippen molar-refractivity contribution in [1.29, 1.82) is 0 Å². The van der Waals surface area contributed by atoms with Gasteiger partial charge in [-0.1, -0.05) is 24.3 Å². The van der Waals surface area contributed by atoms with Crippen LogP contribution in [0.25, 0.3) is 0 Å². The van der Waals surface area contributed by atoms with Crippen LogP contribution in [0, 0.1) is 0 Å². The van der Waals surface area contributed by atoms with Crippen molar-refractivity contribution >= 4 is 5.96 Å². The summed E-state index contributed by atoms with van der Waals surface area (Å²) in [6, 6.07) is 12.3. The van der Waals surface area contributed by atoms with Gasteiger partial charge < -0.3 is 19.8 Å². The second kappa shape index (κ2) is 10.0. The minimum absolute atomic E-state index is 0.135. The lowest BCUT2D eigenvalue weighted by atomic mass is 10.1. The monoisotopic (exact) mass is 357 g/mol. The Hall–Kier alpha value is -2.27. The molecule has 5 heteroatoms. The zero-order valence-corrected chi connectivity index (χ0v) is 16.3. The number of guanidine groups is 1. The predicted octanol–water partition coefficient (Wildman–Crippen LogP) is 3.89. The molecule has 2 N–H and O–H groups in total. The molecule has 2 aromatic rings. The quantitative estimate of drug-likeness (QED) is 0.556. The fourth-order valence-electron chi connectivity index (χ4n) is 2.39. The van der Waals surface area contributed by atoms with Gasteiger partial charge in [0.15, 0.2) is 5.96 Å². The SMILES string of the molecule is CCNC(=NCc1cccc(COC(C)(C)C)c1)NCCc1ccco1. The van der Waals surface area contributed by atoms with E-state index in [4.69, 9.17) is 9.15 Å². The van der Waals surface area contributed by atoms with Gasteiger partial charge in [0.05, 0.1) is 25.0 Å². The molecule has 0 spiro atoms. The highest BCUT2D eigenvalue weighted by atomic mass is 16.5. The number of ether oxygens (including phenoxy) is 1. The van der Waals surface area contributed by atoms with Crippen molar-refractivity contribution in [3.05, 3.63) is 59.5 Å². The molecule has 0 radical (unpaired) electrons. The Bertz CT molecular complexity index is 673. The van der Waals surface area contributed by atoms with Gasteiger partial charge in [0, 0.05) is 19.5 Å². The summed E-state index contributed by atoms with van der Waals surface area (Å²) in [5, 5.41) is 6.62. The number of hydrogen-bond acceptors (Lipinski definition) is 3. The topological polar surface area (TPSA) is 58.8 Å². The highest BCUT2D eigenvalue weighted by Gasteiger charge is 2.10. The van der Waals surface area contributed by atoms with E-state index in [1.165, 1.54) is 11.1 Å². The standard InChI is InChI=1S/C21H31N3O2/c1-5-22-20(23-12-11-19-10-7-13-25-19)24-15-17-8-6-9-18(14-17)16-26-21(2,3)4/h6-10,13-14H,5,11-12,15-16H2,1-4H3,(H2,22,23,24). The molecule has 0 fully saturated rings. The zero-order chi connectivity index (χ0) is 18.8. The van der Waals surface area contributed by atoms with E-state index in [1.54, 1.807) is 6.26 Å². The van der Waals surface area contributed by atoms with Crippen molar-refractivity contribution in [2.75, 3.05) is 13.1 Å². The van der Waals surface area contributed by atoms with E-state index in [-0.39, 0.29) is 5.60 Å². The van der Waals surface area contributed by atoms with E-state index in [0.717, 1.165) is 31.2 Å². The van der Waals surface area contributed by atoms with Gasteiger partial charge in [-0.3, -0.25) is 0 Å². The third-order valence-corrected chi connectivity index (χ3v) is 3.67. The largest absolute Gasteiger partial charge is 0.469 e. The van der Waals surface area contributed by atoms with Gasteiger partial charge in [-0.2, -0.15) is 0 Å². The number of aliphatic imine (C=N–C) groups is 1. The van der Waals surface area contributed by atoms with Crippen LogP contribution in [-0.4, -0.2) is 24.7 Å². The molecule has 2 rings (SSSR count). The van der Waals surface area contributed by atoms with Crippen molar-refractivity contribution in [3.63, 3.8) is 0 Å². The number of nitrogens with one attached hydrogen (secondary N) is 2. The molecule has 0 atom stereocenters. The van der Waals surface area contributed by atoms with Gasteiger partial charge in [-0.15, -0.1) is 0 Å². The van der Waals surface area contributed by atoms with Crippen LogP contribution in [0.15, 0.2) is 52.1 Å². The molecule has 5 nitrogen and oxygen atoms in total. The lowest BCUT2D eigenvalue weighted by Crippen LogP contribution is -2.38. The first kappa shape index (κ1) is 20.0. The molecule has 0 bridgehead atoms. The van der Waals surface area contributed by atoms with E-state index < -0.39 is 0 Å². The Morgan fingerprint density at radius 1 is 1.12 bits per heavy atom. The Labute approximate surface area is 156 Å². The lowest BCUT2D eigenvalue weighted by molar-refractivity contribution is -0.0149. The Morgan fingerprint density at radius 3 is 2.62 bits per heavy atom. The van der Waals surface area contributed by atoms with Crippen molar-refractivity contribution in [3.8, 4) is 0 Å². The zero-order valence-electron chi connectivity index (χ0n) is 16.3. The summed E-state index contributed by atoms with van der Waals surface area (Å²) < 4.78 is 11.2. The summed E-state index contributed by atoms with van der Waals surface area (Å²) in [7, 11) is 0. The molecule has 0 unspecified atom stereocenters. The Morgan fingerprint density at radius 2 is 1.92 bits per heavy atom. The summed E-state index contributed by atoms with van der Waals surface area (Å²) in [6.07, 6.45) is 2.53. The first-order valence-electron chi connectivity index (χ1n) is 9.22. The molecular weight excluding hydrogens is 326 g/mol. The molecular formula is C21H31N3O2. The number of nitrogens with zero attached hydrogens (tertiary/aromatic N) is 1. The average Bonchev–Trinajstić information content (AvgIpc) is 3.11. The van der Waals surface area contributed by atoms with E-state index in [1.807, 2.05) is 12.1 Å². The normalized spacial score (nSPS) is 12.2. The average molecular weight is 357 g/mol. The van der Waals surface area contributed by atoms with Gasteiger partial charge in [-0.05, 0) is 51.0 Å². The van der Waals surface area contributed by atoms with Gasteiger partial charge in [0.1, 0.15) is 5.76 Å². The number of hydrogen-bond donors (Lipinski definition) is 2.